The largest absolute Gasteiger partial charge is 0.368 e. The van der Waals surface area contributed by atoms with Crippen molar-refractivity contribution in [1.29, 1.82) is 0 Å². The van der Waals surface area contributed by atoms with Gasteiger partial charge in [0.1, 0.15) is 5.54 Å². The van der Waals surface area contributed by atoms with E-state index in [1.807, 2.05) is 13.8 Å². The van der Waals surface area contributed by atoms with Gasteiger partial charge in [-0.1, -0.05) is 20.3 Å². The van der Waals surface area contributed by atoms with E-state index in [9.17, 15) is 4.79 Å². The minimum absolute atomic E-state index is 0.250. The average Bonchev–Trinajstić information content (AvgIpc) is 2.30. The molecule has 0 saturated carbocycles. The molecule has 0 aromatic carbocycles. The molecule has 3 N–H and O–H groups in total. The molecular formula is C13H27N3O. The zero-order valence-corrected chi connectivity index (χ0v) is 11.5. The summed E-state index contributed by atoms with van der Waals surface area (Å²) in [6, 6.07) is 0.612. The summed E-state index contributed by atoms with van der Waals surface area (Å²) in [4.78, 5) is 14.0. The van der Waals surface area contributed by atoms with Crippen molar-refractivity contribution in [3.05, 3.63) is 0 Å². The fraction of sp³-hybridized carbons (Fsp3) is 0.923. The average molecular weight is 241 g/mol. The number of hydrogen-bond donors (Lipinski definition) is 2. The third-order valence-electron chi connectivity index (χ3n) is 3.85. The minimum atomic E-state index is -0.598. The Hall–Kier alpha value is -0.610. The monoisotopic (exact) mass is 241 g/mol. The number of likely N-dealkylation sites (tertiary alicyclic amines) is 1. The highest BCUT2D eigenvalue weighted by molar-refractivity contribution is 5.84. The Labute approximate surface area is 105 Å². The maximum atomic E-state index is 11.6. The summed E-state index contributed by atoms with van der Waals surface area (Å²) < 4.78 is 0. The van der Waals surface area contributed by atoms with Crippen molar-refractivity contribution in [3.63, 3.8) is 0 Å². The molecule has 100 valence electrons. The third kappa shape index (κ3) is 3.68. The quantitative estimate of drug-likeness (QED) is 0.732. The molecule has 0 aromatic heterocycles. The van der Waals surface area contributed by atoms with Crippen LogP contribution in [0.4, 0.5) is 0 Å². The van der Waals surface area contributed by atoms with Crippen molar-refractivity contribution in [3.8, 4) is 0 Å². The van der Waals surface area contributed by atoms with Crippen molar-refractivity contribution in [2.75, 3.05) is 19.6 Å². The normalized spacial score (nSPS) is 25.5. The van der Waals surface area contributed by atoms with Crippen molar-refractivity contribution in [2.24, 2.45) is 5.73 Å². The Morgan fingerprint density at radius 3 is 2.71 bits per heavy atom. The Balaban J connectivity index is 2.67. The van der Waals surface area contributed by atoms with Crippen molar-refractivity contribution in [2.45, 2.75) is 58.0 Å². The lowest BCUT2D eigenvalue weighted by molar-refractivity contribution is -0.125. The van der Waals surface area contributed by atoms with Gasteiger partial charge in [-0.3, -0.25) is 9.69 Å². The molecule has 1 aliphatic rings. The van der Waals surface area contributed by atoms with E-state index in [1.54, 1.807) is 0 Å². The highest BCUT2D eigenvalue weighted by Crippen LogP contribution is 2.21. The number of primary amides is 1. The second-order valence-electron chi connectivity index (χ2n) is 5.26. The molecule has 0 bridgehead atoms. The highest BCUT2D eigenvalue weighted by atomic mass is 16.1. The topological polar surface area (TPSA) is 58.4 Å². The maximum absolute atomic E-state index is 11.6. The summed E-state index contributed by atoms with van der Waals surface area (Å²) in [5, 5.41) is 3.23. The van der Waals surface area contributed by atoms with Gasteiger partial charge in [0.2, 0.25) is 5.91 Å². The molecule has 1 saturated heterocycles. The first kappa shape index (κ1) is 14.5. The Morgan fingerprint density at radius 2 is 2.18 bits per heavy atom. The molecule has 4 heteroatoms. The number of carbonyl (C=O) groups is 1. The van der Waals surface area contributed by atoms with Gasteiger partial charge in [0.25, 0.3) is 0 Å². The summed E-state index contributed by atoms with van der Waals surface area (Å²) in [7, 11) is 0. The van der Waals surface area contributed by atoms with E-state index in [4.69, 9.17) is 5.73 Å². The van der Waals surface area contributed by atoms with Gasteiger partial charge >= 0.3 is 0 Å². The van der Waals surface area contributed by atoms with Crippen LogP contribution in [0.5, 0.6) is 0 Å². The lowest BCUT2D eigenvalue weighted by Gasteiger charge is -2.40. The molecule has 0 aromatic rings. The standard InChI is InChI=1S/C13H27N3O/c1-4-11-8-6-7-9-16(11)10-13(3,12(14)17)15-5-2/h11,15H,4-10H2,1-3H3,(H2,14,17). The van der Waals surface area contributed by atoms with Crippen LogP contribution in [0.3, 0.4) is 0 Å². The summed E-state index contributed by atoms with van der Waals surface area (Å²) >= 11 is 0. The summed E-state index contributed by atoms with van der Waals surface area (Å²) in [6.45, 7) is 8.73. The van der Waals surface area contributed by atoms with Crippen LogP contribution >= 0.6 is 0 Å². The van der Waals surface area contributed by atoms with Gasteiger partial charge in [0.05, 0.1) is 0 Å². The number of nitrogens with one attached hydrogen (secondary N) is 1. The lowest BCUT2D eigenvalue weighted by Crippen LogP contribution is -2.61. The predicted octanol–water partition coefficient (Wildman–Crippen LogP) is 1.10. The molecule has 4 nitrogen and oxygen atoms in total. The number of piperidine rings is 1. The molecule has 0 radical (unpaired) electrons. The summed E-state index contributed by atoms with van der Waals surface area (Å²) in [6.07, 6.45) is 4.94. The molecule has 1 fully saturated rings. The summed E-state index contributed by atoms with van der Waals surface area (Å²) in [5.41, 5.74) is 4.94. The molecular weight excluding hydrogens is 214 g/mol. The van der Waals surface area contributed by atoms with Crippen LogP contribution in [0, 0.1) is 0 Å². The third-order valence-corrected chi connectivity index (χ3v) is 3.85. The fourth-order valence-electron chi connectivity index (χ4n) is 2.75. The predicted molar refractivity (Wildman–Crippen MR) is 70.8 cm³/mol. The molecule has 1 heterocycles. The van der Waals surface area contributed by atoms with Gasteiger partial charge in [-0.2, -0.15) is 0 Å². The molecule has 17 heavy (non-hydrogen) atoms. The number of hydrogen-bond acceptors (Lipinski definition) is 3. The van der Waals surface area contributed by atoms with E-state index in [2.05, 4.69) is 17.1 Å². The molecule has 1 amide bonds. The van der Waals surface area contributed by atoms with Crippen LogP contribution in [0.1, 0.15) is 46.5 Å². The van der Waals surface area contributed by atoms with Crippen LogP contribution in [0.15, 0.2) is 0 Å². The lowest BCUT2D eigenvalue weighted by atomic mass is 9.94. The number of rotatable bonds is 6. The van der Waals surface area contributed by atoms with Gasteiger partial charge in [0.15, 0.2) is 0 Å². The van der Waals surface area contributed by atoms with E-state index in [1.165, 1.54) is 19.3 Å². The molecule has 2 unspecified atom stereocenters. The van der Waals surface area contributed by atoms with Gasteiger partial charge in [-0.25, -0.2) is 0 Å². The van der Waals surface area contributed by atoms with Crippen LogP contribution in [0.25, 0.3) is 0 Å². The molecule has 2 atom stereocenters. The zero-order valence-electron chi connectivity index (χ0n) is 11.5. The van der Waals surface area contributed by atoms with E-state index in [0.29, 0.717) is 6.04 Å². The molecule has 1 aliphatic heterocycles. The molecule has 0 aliphatic carbocycles. The van der Waals surface area contributed by atoms with Crippen LogP contribution in [-0.2, 0) is 4.79 Å². The van der Waals surface area contributed by atoms with Crippen LogP contribution < -0.4 is 11.1 Å². The Bertz CT molecular complexity index is 257. The Morgan fingerprint density at radius 1 is 1.47 bits per heavy atom. The zero-order chi connectivity index (χ0) is 12.9. The van der Waals surface area contributed by atoms with E-state index < -0.39 is 5.54 Å². The van der Waals surface area contributed by atoms with E-state index in [-0.39, 0.29) is 5.91 Å². The van der Waals surface area contributed by atoms with Gasteiger partial charge < -0.3 is 11.1 Å². The number of amides is 1. The first-order valence-corrected chi connectivity index (χ1v) is 6.82. The fourth-order valence-corrected chi connectivity index (χ4v) is 2.75. The SMILES string of the molecule is CCNC(C)(CN1CCCCC1CC)C(N)=O. The number of carbonyl (C=O) groups excluding carboxylic acids is 1. The first-order valence-electron chi connectivity index (χ1n) is 6.82. The van der Waals surface area contributed by atoms with Crippen LogP contribution in [-0.4, -0.2) is 42.0 Å². The van der Waals surface area contributed by atoms with Gasteiger partial charge in [-0.05, 0) is 39.3 Å². The van der Waals surface area contributed by atoms with Crippen LogP contribution in [0.2, 0.25) is 0 Å². The second kappa shape index (κ2) is 6.36. The number of likely N-dealkylation sites (N-methyl/N-ethyl adjacent to an activating group) is 1. The highest BCUT2D eigenvalue weighted by Gasteiger charge is 2.34. The molecule has 1 rings (SSSR count). The van der Waals surface area contributed by atoms with Crippen molar-refractivity contribution in [1.82, 2.24) is 10.2 Å². The van der Waals surface area contributed by atoms with Crippen molar-refractivity contribution < 1.29 is 4.79 Å². The second-order valence-corrected chi connectivity index (χ2v) is 5.26. The van der Waals surface area contributed by atoms with Gasteiger partial charge in [-0.15, -0.1) is 0 Å². The molecule has 0 spiro atoms. The van der Waals surface area contributed by atoms with Gasteiger partial charge in [0, 0.05) is 12.6 Å². The van der Waals surface area contributed by atoms with E-state index in [0.717, 1.165) is 26.1 Å². The first-order chi connectivity index (χ1) is 8.03. The van der Waals surface area contributed by atoms with Crippen molar-refractivity contribution >= 4 is 5.91 Å². The maximum Gasteiger partial charge on any atom is 0.238 e. The minimum Gasteiger partial charge on any atom is -0.368 e. The number of nitrogens with zero attached hydrogens (tertiary/aromatic N) is 1. The Kier molecular flexibility index (Phi) is 5.40. The number of nitrogens with two attached hydrogens (primary N) is 1. The summed E-state index contributed by atoms with van der Waals surface area (Å²) in [5.74, 6) is -0.250. The van der Waals surface area contributed by atoms with E-state index >= 15 is 0 Å². The smallest absolute Gasteiger partial charge is 0.238 e.